The summed E-state index contributed by atoms with van der Waals surface area (Å²) >= 11 is 1.59. The highest BCUT2D eigenvalue weighted by Gasteiger charge is 2.09. The molecule has 20 heavy (non-hydrogen) atoms. The first-order valence-electron chi connectivity index (χ1n) is 5.96. The lowest BCUT2D eigenvalue weighted by atomic mass is 10.1. The Balaban J connectivity index is 2.25. The predicted octanol–water partition coefficient (Wildman–Crippen LogP) is 1.15. The molecule has 0 unspecified atom stereocenters. The Labute approximate surface area is 119 Å². The molecule has 0 amide bonds. The van der Waals surface area contributed by atoms with Gasteiger partial charge in [-0.1, -0.05) is 12.1 Å². The van der Waals surface area contributed by atoms with Gasteiger partial charge in [0.25, 0.3) is 0 Å². The zero-order valence-corrected chi connectivity index (χ0v) is 12.0. The van der Waals surface area contributed by atoms with Crippen LogP contribution in [-0.2, 0) is 13.6 Å². The fraction of sp³-hybridized carbons (Fsp3) is 0.214. The van der Waals surface area contributed by atoms with Crippen LogP contribution in [-0.4, -0.2) is 21.2 Å². The van der Waals surface area contributed by atoms with Crippen molar-refractivity contribution < 1.29 is 4.79 Å². The van der Waals surface area contributed by atoms with Crippen LogP contribution in [0, 0.1) is 0 Å². The Bertz CT molecular complexity index is 744. The lowest BCUT2D eigenvalue weighted by Gasteiger charge is -2.06. The second-order valence-corrected chi connectivity index (χ2v) is 5.18. The molecule has 2 rings (SSSR count). The lowest BCUT2D eigenvalue weighted by molar-refractivity contribution is 0.0970. The monoisotopic (exact) mass is 290 g/mol. The second kappa shape index (κ2) is 5.92. The zero-order chi connectivity index (χ0) is 14.7. The topological polar surface area (TPSA) is 61.1 Å². The minimum Gasteiger partial charge on any atom is -0.312 e. The third-order valence-electron chi connectivity index (χ3n) is 2.96. The molecule has 1 heterocycles. The number of Topliss-reactive ketones (excluding diaryl/α,β-unsaturated/α-hetero) is 1. The molecular formula is C14H14N2O3S. The summed E-state index contributed by atoms with van der Waals surface area (Å²) in [6, 6.07) is 7.15. The van der Waals surface area contributed by atoms with Gasteiger partial charge in [-0.05, 0) is 18.4 Å². The number of benzene rings is 1. The van der Waals surface area contributed by atoms with Gasteiger partial charge >= 0.3 is 11.1 Å². The molecule has 0 aliphatic rings. The number of rotatable bonds is 4. The van der Waals surface area contributed by atoms with Crippen molar-refractivity contribution in [1.29, 1.82) is 0 Å². The maximum atomic E-state index is 12.1. The number of hydrogen-bond acceptors (Lipinski definition) is 4. The molecule has 0 atom stereocenters. The molecule has 5 nitrogen and oxygen atoms in total. The van der Waals surface area contributed by atoms with Gasteiger partial charge < -0.3 is 9.13 Å². The average Bonchev–Trinajstić information content (AvgIpc) is 2.48. The van der Waals surface area contributed by atoms with Crippen LogP contribution in [0.2, 0.25) is 0 Å². The van der Waals surface area contributed by atoms with E-state index in [1.807, 2.05) is 18.4 Å². The van der Waals surface area contributed by atoms with Crippen LogP contribution in [0.5, 0.6) is 0 Å². The Kier molecular flexibility index (Phi) is 4.24. The number of hydrogen-bond donors (Lipinski definition) is 0. The van der Waals surface area contributed by atoms with Gasteiger partial charge in [0.15, 0.2) is 5.78 Å². The molecule has 0 aliphatic carbocycles. The van der Waals surface area contributed by atoms with E-state index in [-0.39, 0.29) is 12.3 Å². The van der Waals surface area contributed by atoms with Crippen LogP contribution in [0.25, 0.3) is 0 Å². The molecule has 0 saturated carbocycles. The fourth-order valence-corrected chi connectivity index (χ4v) is 2.15. The minimum atomic E-state index is -0.691. The van der Waals surface area contributed by atoms with Gasteiger partial charge in [-0.3, -0.25) is 14.4 Å². The summed E-state index contributed by atoms with van der Waals surface area (Å²) in [5, 5.41) is 0. The normalized spacial score (nSPS) is 10.5. The van der Waals surface area contributed by atoms with E-state index in [1.165, 1.54) is 24.0 Å². The van der Waals surface area contributed by atoms with Gasteiger partial charge in [-0.15, -0.1) is 11.8 Å². The van der Waals surface area contributed by atoms with Gasteiger partial charge in [0.1, 0.15) is 0 Å². The van der Waals surface area contributed by atoms with Gasteiger partial charge in [-0.2, -0.15) is 0 Å². The number of aromatic nitrogens is 2. The highest BCUT2D eigenvalue weighted by atomic mass is 32.2. The van der Waals surface area contributed by atoms with Crippen molar-refractivity contribution >= 4 is 17.5 Å². The first kappa shape index (κ1) is 14.3. The van der Waals surface area contributed by atoms with Crippen molar-refractivity contribution in [2.45, 2.75) is 11.4 Å². The summed E-state index contributed by atoms with van der Waals surface area (Å²) in [7, 11) is 1.50. The summed E-state index contributed by atoms with van der Waals surface area (Å²) in [5.74, 6) is -0.201. The smallest absolute Gasteiger partial charge is 0.312 e. The third kappa shape index (κ3) is 2.91. The van der Waals surface area contributed by atoms with Gasteiger partial charge in [0.05, 0.1) is 6.54 Å². The van der Waals surface area contributed by atoms with E-state index in [4.69, 9.17) is 0 Å². The first-order valence-corrected chi connectivity index (χ1v) is 7.18. The Morgan fingerprint density at radius 2 is 1.75 bits per heavy atom. The van der Waals surface area contributed by atoms with Crippen LogP contribution in [0.3, 0.4) is 0 Å². The molecule has 0 spiro atoms. The molecule has 0 bridgehead atoms. The first-order chi connectivity index (χ1) is 9.52. The second-order valence-electron chi connectivity index (χ2n) is 4.30. The number of ketones is 1. The maximum Gasteiger partial charge on any atom is 0.316 e. The van der Waals surface area contributed by atoms with Crippen molar-refractivity contribution in [2.75, 3.05) is 6.26 Å². The molecule has 0 aliphatic heterocycles. The van der Waals surface area contributed by atoms with Crippen molar-refractivity contribution in [3.05, 3.63) is 62.9 Å². The quantitative estimate of drug-likeness (QED) is 0.481. The van der Waals surface area contributed by atoms with E-state index in [2.05, 4.69) is 0 Å². The molecule has 104 valence electrons. The number of thioether (sulfide) groups is 1. The summed E-state index contributed by atoms with van der Waals surface area (Å²) in [5.41, 5.74) is -0.808. The maximum absolute atomic E-state index is 12.1. The molecule has 1 aromatic carbocycles. The van der Waals surface area contributed by atoms with Crippen molar-refractivity contribution in [3.63, 3.8) is 0 Å². The van der Waals surface area contributed by atoms with Crippen LogP contribution in [0.15, 0.2) is 51.1 Å². The number of nitrogens with zero attached hydrogens (tertiary/aromatic N) is 2. The van der Waals surface area contributed by atoms with E-state index in [0.717, 1.165) is 9.46 Å². The highest BCUT2D eigenvalue weighted by Crippen LogP contribution is 2.15. The number of aryl methyl sites for hydroxylation is 1. The van der Waals surface area contributed by atoms with Crippen molar-refractivity contribution in [3.8, 4) is 0 Å². The lowest BCUT2D eigenvalue weighted by Crippen LogP contribution is -2.40. The Morgan fingerprint density at radius 3 is 2.35 bits per heavy atom. The van der Waals surface area contributed by atoms with E-state index >= 15 is 0 Å². The highest BCUT2D eigenvalue weighted by molar-refractivity contribution is 7.98. The van der Waals surface area contributed by atoms with Crippen LogP contribution >= 0.6 is 11.8 Å². The van der Waals surface area contributed by atoms with E-state index in [0.29, 0.717) is 5.56 Å². The minimum absolute atomic E-state index is 0.131. The number of carbonyl (C=O) groups is 1. The summed E-state index contributed by atoms with van der Waals surface area (Å²) in [6.45, 7) is -0.131. The van der Waals surface area contributed by atoms with Gasteiger partial charge in [0, 0.05) is 29.9 Å². The molecule has 1 aromatic heterocycles. The Hall–Kier alpha value is -2.08. The Morgan fingerprint density at radius 1 is 1.10 bits per heavy atom. The van der Waals surface area contributed by atoms with Gasteiger partial charge in [-0.25, -0.2) is 0 Å². The SMILES string of the molecule is CSc1ccc(C(=O)Cn2ccn(C)c(=O)c2=O)cc1. The van der Waals surface area contributed by atoms with Crippen molar-refractivity contribution in [1.82, 2.24) is 9.13 Å². The summed E-state index contributed by atoms with van der Waals surface area (Å²) in [6.07, 6.45) is 4.86. The van der Waals surface area contributed by atoms with Gasteiger partial charge in [0.2, 0.25) is 0 Å². The molecule has 0 N–H and O–H groups in total. The predicted molar refractivity (Wildman–Crippen MR) is 78.5 cm³/mol. The molecular weight excluding hydrogens is 276 g/mol. The van der Waals surface area contributed by atoms with Crippen LogP contribution < -0.4 is 11.1 Å². The standard InChI is InChI=1S/C14H14N2O3S/c1-15-7-8-16(14(19)13(15)18)9-12(17)10-3-5-11(20-2)6-4-10/h3-8H,9H2,1-2H3. The third-order valence-corrected chi connectivity index (χ3v) is 3.70. The van der Waals surface area contributed by atoms with E-state index in [1.54, 1.807) is 23.9 Å². The summed E-state index contributed by atoms with van der Waals surface area (Å²) < 4.78 is 2.32. The fourth-order valence-electron chi connectivity index (χ4n) is 1.74. The molecule has 0 radical (unpaired) electrons. The number of carbonyl (C=O) groups excluding carboxylic acids is 1. The molecule has 2 aromatic rings. The zero-order valence-electron chi connectivity index (χ0n) is 11.2. The summed E-state index contributed by atoms with van der Waals surface area (Å²) in [4.78, 5) is 36.4. The molecule has 0 saturated heterocycles. The average molecular weight is 290 g/mol. The van der Waals surface area contributed by atoms with Crippen LogP contribution in [0.1, 0.15) is 10.4 Å². The largest absolute Gasteiger partial charge is 0.316 e. The van der Waals surface area contributed by atoms with Crippen LogP contribution in [0.4, 0.5) is 0 Å². The molecule has 0 fully saturated rings. The molecule has 6 heteroatoms. The van der Waals surface area contributed by atoms with Crippen molar-refractivity contribution in [2.24, 2.45) is 7.05 Å². The van der Waals surface area contributed by atoms with E-state index in [9.17, 15) is 14.4 Å². The van der Waals surface area contributed by atoms with E-state index < -0.39 is 11.1 Å².